The third-order valence-corrected chi connectivity index (χ3v) is 12.8. The molecule has 64 heavy (non-hydrogen) atoms. The van der Waals surface area contributed by atoms with Crippen LogP contribution in [-0.4, -0.2) is 87.9 Å². The van der Waals surface area contributed by atoms with Gasteiger partial charge in [0.05, 0.1) is 10.3 Å². The number of unbranched alkanes of at least 4 members (excludes halogenated alkanes) is 6. The Balaban J connectivity index is 1.08. The van der Waals surface area contributed by atoms with Gasteiger partial charge >= 0.3 is 11.7 Å². The van der Waals surface area contributed by atoms with Crippen LogP contribution in [0, 0.1) is 6.92 Å². The number of allylic oxidation sites excluding steroid dienone is 6. The number of amides is 1. The Morgan fingerprint density at radius 2 is 1.56 bits per heavy atom. The quantitative estimate of drug-likeness (QED) is 0.0241. The van der Waals surface area contributed by atoms with Crippen LogP contribution in [0.25, 0.3) is 0 Å². The van der Waals surface area contributed by atoms with E-state index < -0.39 is 27.2 Å². The fourth-order valence-electron chi connectivity index (χ4n) is 8.56. The van der Waals surface area contributed by atoms with E-state index in [0.717, 1.165) is 75.0 Å². The van der Waals surface area contributed by atoms with Gasteiger partial charge in [-0.15, -0.1) is 0 Å². The third kappa shape index (κ3) is 13.0. The fraction of sp³-hybridized carbons (Fsp3) is 0.500. The third-order valence-electron chi connectivity index (χ3n) is 12.0. The maximum Gasteiger partial charge on any atom is 0.350 e. The summed E-state index contributed by atoms with van der Waals surface area (Å²) >= 11 is 0. The van der Waals surface area contributed by atoms with Crippen LogP contribution >= 0.6 is 0 Å². The number of anilines is 3. The van der Waals surface area contributed by atoms with Crippen LogP contribution in [0.5, 0.6) is 0 Å². The number of aromatic amines is 1. The van der Waals surface area contributed by atoms with E-state index in [1.54, 1.807) is 6.07 Å². The number of carboxylic acids is 1. The lowest BCUT2D eigenvalue weighted by Crippen LogP contribution is -2.28. The van der Waals surface area contributed by atoms with Gasteiger partial charge in [-0.25, -0.2) is 13.2 Å². The molecule has 0 radical (unpaired) electrons. The van der Waals surface area contributed by atoms with Crippen LogP contribution in [-0.2, 0) is 30.5 Å². The Bertz CT molecular complexity index is 2440. The number of aryl methyl sites for hydroxylation is 1. The van der Waals surface area contributed by atoms with E-state index in [1.165, 1.54) is 34.6 Å². The van der Waals surface area contributed by atoms with Crippen molar-refractivity contribution >= 4 is 51.0 Å². The summed E-state index contributed by atoms with van der Waals surface area (Å²) < 4.78 is 38.3. The number of aliphatic carboxylic acids is 1. The van der Waals surface area contributed by atoms with Crippen molar-refractivity contribution in [2.24, 2.45) is 0 Å². The maximum absolute atomic E-state index is 12.5. The SMILES string of the molecule is CCN1C(=CC=CC=CC2=[N+](CCCCCCCC(=O)NCCCNc3nc(NCCCCCC(=O)O)[nH]c(=O)n3)c3ccc(S(=O)(=O)[O-])cc3C2(C)C)C(C)(C)c2cc(C)ccc21. The molecule has 16 heteroatoms. The van der Waals surface area contributed by atoms with Gasteiger partial charge < -0.3 is 30.5 Å². The Morgan fingerprint density at radius 1 is 0.844 bits per heavy atom. The molecule has 0 atom stereocenters. The van der Waals surface area contributed by atoms with E-state index in [9.17, 15) is 27.4 Å². The minimum atomic E-state index is -4.62. The van der Waals surface area contributed by atoms with Gasteiger partial charge in [-0.1, -0.05) is 69.0 Å². The highest BCUT2D eigenvalue weighted by Gasteiger charge is 2.44. The molecule has 0 fully saturated rings. The van der Waals surface area contributed by atoms with E-state index in [0.29, 0.717) is 38.9 Å². The molecule has 5 N–H and O–H groups in total. The molecule has 1 aromatic heterocycles. The first kappa shape index (κ1) is 49.4. The van der Waals surface area contributed by atoms with Crippen LogP contribution < -0.4 is 26.5 Å². The highest BCUT2D eigenvalue weighted by atomic mass is 32.2. The summed E-state index contributed by atoms with van der Waals surface area (Å²) in [6, 6.07) is 11.3. The van der Waals surface area contributed by atoms with Gasteiger partial charge in [0.25, 0.3) is 0 Å². The van der Waals surface area contributed by atoms with Crippen LogP contribution in [0.2, 0.25) is 0 Å². The van der Waals surface area contributed by atoms with Crippen molar-refractivity contribution in [2.45, 2.75) is 128 Å². The van der Waals surface area contributed by atoms with Gasteiger partial charge in [0.15, 0.2) is 5.71 Å². The van der Waals surface area contributed by atoms with Crippen molar-refractivity contribution < 1.29 is 32.2 Å². The number of nitrogens with zero attached hydrogens (tertiary/aromatic N) is 4. The number of rotatable bonds is 25. The normalized spacial score (nSPS) is 15.9. The molecule has 2 aliphatic rings. The van der Waals surface area contributed by atoms with E-state index in [4.69, 9.17) is 5.11 Å². The Morgan fingerprint density at radius 3 is 2.31 bits per heavy atom. The molecule has 3 heterocycles. The largest absolute Gasteiger partial charge is 0.744 e. The summed E-state index contributed by atoms with van der Waals surface area (Å²) in [7, 11) is -4.62. The van der Waals surface area contributed by atoms with E-state index in [-0.39, 0.29) is 34.5 Å². The van der Waals surface area contributed by atoms with Crippen LogP contribution in [0.15, 0.2) is 82.2 Å². The summed E-state index contributed by atoms with van der Waals surface area (Å²) in [4.78, 5) is 47.9. The second kappa shape index (κ2) is 22.3. The van der Waals surface area contributed by atoms with Crippen molar-refractivity contribution in [1.29, 1.82) is 0 Å². The second-order valence-corrected chi connectivity index (χ2v) is 19.0. The van der Waals surface area contributed by atoms with Crippen molar-refractivity contribution in [2.75, 3.05) is 48.3 Å². The number of fused-ring (bicyclic) bond motifs is 2. The molecule has 2 aliphatic heterocycles. The Hall–Kier alpha value is -5.61. The van der Waals surface area contributed by atoms with Gasteiger partial charge in [0.1, 0.15) is 16.7 Å². The van der Waals surface area contributed by atoms with Gasteiger partial charge in [-0.2, -0.15) is 14.5 Å². The number of nitrogens with one attached hydrogen (secondary N) is 4. The number of carbonyl (C=O) groups is 2. The molecule has 346 valence electrons. The first-order valence-corrected chi connectivity index (χ1v) is 24.0. The zero-order chi connectivity index (χ0) is 46.5. The van der Waals surface area contributed by atoms with Crippen molar-refractivity contribution in [1.82, 2.24) is 20.3 Å². The molecule has 0 saturated carbocycles. The molecule has 0 spiro atoms. The predicted octanol–water partition coefficient (Wildman–Crippen LogP) is 7.58. The number of hydrogen-bond acceptors (Lipinski definition) is 11. The minimum Gasteiger partial charge on any atom is -0.744 e. The average Bonchev–Trinajstić information content (AvgIpc) is 3.57. The lowest BCUT2D eigenvalue weighted by atomic mass is 9.81. The number of carbonyl (C=O) groups excluding carboxylic acids is 1. The molecule has 5 rings (SSSR count). The molecule has 0 bridgehead atoms. The fourth-order valence-corrected chi connectivity index (χ4v) is 9.06. The van der Waals surface area contributed by atoms with Crippen molar-refractivity contribution in [3.05, 3.63) is 99.6 Å². The van der Waals surface area contributed by atoms with Crippen LogP contribution in [0.1, 0.15) is 122 Å². The van der Waals surface area contributed by atoms with Gasteiger partial charge in [-0.3, -0.25) is 14.6 Å². The highest BCUT2D eigenvalue weighted by Crippen LogP contribution is 2.48. The summed E-state index contributed by atoms with van der Waals surface area (Å²) in [6.07, 6.45) is 18.2. The first-order valence-electron chi connectivity index (χ1n) is 22.6. The highest BCUT2D eigenvalue weighted by molar-refractivity contribution is 7.85. The van der Waals surface area contributed by atoms with Gasteiger partial charge in [0.2, 0.25) is 23.5 Å². The van der Waals surface area contributed by atoms with Crippen LogP contribution in [0.3, 0.4) is 0 Å². The molecule has 1 amide bonds. The molecule has 0 unspecified atom stereocenters. The number of hydrogen-bond donors (Lipinski definition) is 5. The zero-order valence-electron chi connectivity index (χ0n) is 38.3. The second-order valence-electron chi connectivity index (χ2n) is 17.6. The Kier molecular flexibility index (Phi) is 17.2. The smallest absolute Gasteiger partial charge is 0.350 e. The maximum atomic E-state index is 12.5. The lowest BCUT2D eigenvalue weighted by molar-refractivity contribution is -0.438. The molecule has 3 aromatic rings. The minimum absolute atomic E-state index is 0.0105. The monoisotopic (exact) mass is 898 g/mol. The van der Waals surface area contributed by atoms with E-state index in [1.807, 2.05) is 12.2 Å². The van der Waals surface area contributed by atoms with Gasteiger partial charge in [-0.05, 0) is 89.6 Å². The summed E-state index contributed by atoms with van der Waals surface area (Å²) in [6.45, 7) is 16.0. The molecule has 0 aliphatic carbocycles. The van der Waals surface area contributed by atoms with E-state index >= 15 is 0 Å². The number of carboxylic acid groups (broad SMARTS) is 1. The summed E-state index contributed by atoms with van der Waals surface area (Å²) in [5, 5.41) is 17.7. The van der Waals surface area contributed by atoms with E-state index in [2.05, 4.69) is 118 Å². The van der Waals surface area contributed by atoms with Crippen molar-refractivity contribution in [3.63, 3.8) is 0 Å². The van der Waals surface area contributed by atoms with Crippen molar-refractivity contribution in [3.8, 4) is 0 Å². The molecular formula is C48H66N8O7S. The summed E-state index contributed by atoms with van der Waals surface area (Å²) in [5.74, 6) is -0.349. The van der Waals surface area contributed by atoms with Gasteiger partial charge in [0, 0.05) is 79.9 Å². The number of H-pyrrole nitrogens is 1. The summed E-state index contributed by atoms with van der Waals surface area (Å²) in [5.41, 5.74) is 6.57. The lowest BCUT2D eigenvalue weighted by Gasteiger charge is -2.25. The number of likely N-dealkylation sites (N-methyl/N-ethyl adjacent to an activating group) is 1. The molecular weight excluding hydrogens is 833 g/mol. The molecule has 15 nitrogen and oxygen atoms in total. The number of aromatic nitrogens is 3. The van der Waals surface area contributed by atoms with Crippen LogP contribution in [0.4, 0.5) is 23.3 Å². The standard InChI is InChI=1S/C48H66N8O7S/c1-7-55-38-26-24-34(2)32-36(38)47(3,4)40(55)20-13-11-14-21-41-48(5,6)37-33-35(64(61,62)63)25-27-39(37)56(41)31-18-10-8-9-15-22-42(57)49-29-19-30-51-45-52-44(53-46(60)54-45)50-28-17-12-16-23-43(58)59/h11,13-14,20-21,24-27,32-33H,7-10,12,15-19,22-23,28-31H2,1-6H3,(H5-,49,50,51,52,53,54,57,58,59,60,61,62,63). The first-order chi connectivity index (χ1) is 30.4. The topological polar surface area (TPSA) is 213 Å². The molecule has 2 aromatic carbocycles. The molecule has 0 saturated heterocycles. The Labute approximate surface area is 378 Å². The zero-order valence-corrected chi connectivity index (χ0v) is 39.1. The average molecular weight is 899 g/mol. The predicted molar refractivity (Wildman–Crippen MR) is 252 cm³/mol. The number of benzene rings is 2.